The monoisotopic (exact) mass is 467 g/mol. The second-order valence-electron chi connectivity index (χ2n) is 9.37. The van der Waals surface area contributed by atoms with Crippen LogP contribution in [0.5, 0.6) is 0 Å². The number of nitrogens with one attached hydrogen (secondary N) is 1. The summed E-state index contributed by atoms with van der Waals surface area (Å²) in [5.74, 6) is 0.243. The highest BCUT2D eigenvalue weighted by atomic mass is 32.1. The van der Waals surface area contributed by atoms with E-state index in [9.17, 15) is 9.90 Å². The molecular formula is C26H31N2O2S2+. The average Bonchev–Trinajstić information content (AvgIpc) is 3.55. The van der Waals surface area contributed by atoms with Gasteiger partial charge in [-0.05, 0) is 40.8 Å². The van der Waals surface area contributed by atoms with Gasteiger partial charge in [0.2, 0.25) is 5.60 Å². The minimum atomic E-state index is -1.60. The highest BCUT2D eigenvalue weighted by Gasteiger charge is 2.49. The third kappa shape index (κ3) is 4.17. The van der Waals surface area contributed by atoms with Crippen LogP contribution in [0.1, 0.15) is 34.6 Å². The van der Waals surface area contributed by atoms with Crippen molar-refractivity contribution in [3.63, 3.8) is 0 Å². The average molecular weight is 468 g/mol. The van der Waals surface area contributed by atoms with Gasteiger partial charge in [0.25, 0.3) is 5.91 Å². The first kappa shape index (κ1) is 21.8. The van der Waals surface area contributed by atoms with Crippen molar-refractivity contribution in [1.82, 2.24) is 5.32 Å². The fourth-order valence-corrected chi connectivity index (χ4v) is 7.35. The molecule has 2 aromatic heterocycles. The number of piperidine rings is 3. The molecule has 0 saturated carbocycles. The molecular weight excluding hydrogens is 436 g/mol. The number of amides is 1. The van der Waals surface area contributed by atoms with E-state index in [1.54, 1.807) is 0 Å². The largest absolute Gasteiger partial charge is 0.371 e. The lowest BCUT2D eigenvalue weighted by Gasteiger charge is -2.53. The van der Waals surface area contributed by atoms with E-state index in [4.69, 9.17) is 0 Å². The van der Waals surface area contributed by atoms with Gasteiger partial charge >= 0.3 is 0 Å². The number of rotatable bonds is 8. The number of aryl methyl sites for hydroxylation is 1. The van der Waals surface area contributed by atoms with Crippen LogP contribution in [-0.2, 0) is 16.8 Å². The molecule has 0 unspecified atom stereocenters. The first-order chi connectivity index (χ1) is 15.6. The number of hydrogen-bond acceptors (Lipinski definition) is 4. The lowest BCUT2D eigenvalue weighted by atomic mass is 9.81. The summed E-state index contributed by atoms with van der Waals surface area (Å²) in [5, 5.41) is 18.8. The summed E-state index contributed by atoms with van der Waals surface area (Å²) in [6.07, 6.45) is 4.60. The van der Waals surface area contributed by atoms with Crippen LogP contribution < -0.4 is 5.32 Å². The lowest BCUT2D eigenvalue weighted by molar-refractivity contribution is -0.944. The summed E-state index contributed by atoms with van der Waals surface area (Å²) in [7, 11) is 0. The Hall–Kier alpha value is -1.99. The van der Waals surface area contributed by atoms with Gasteiger partial charge in [0.15, 0.2) is 0 Å². The Morgan fingerprint density at radius 3 is 2.25 bits per heavy atom. The predicted molar refractivity (Wildman–Crippen MR) is 131 cm³/mol. The lowest BCUT2D eigenvalue weighted by Crippen LogP contribution is -2.68. The molecule has 1 atom stereocenters. The quantitative estimate of drug-likeness (QED) is 0.483. The zero-order chi connectivity index (χ0) is 22.0. The molecule has 32 heavy (non-hydrogen) atoms. The molecule has 2 bridgehead atoms. The standard InChI is InChI=1S/C26H30N2O2S2/c29-25(26(30,23-10-5-17-31-23)24-11-6-18-32-24)27-22-19-28(15-12-21(22)13-16-28)14-4-9-20-7-2-1-3-8-20/h1-3,5-8,10-11,17-18,21-22,30H,4,9,12-16,19H2/p+1/t21?,22-,28?/m1/s1. The molecule has 3 saturated heterocycles. The van der Waals surface area contributed by atoms with Crippen molar-refractivity contribution in [2.24, 2.45) is 5.92 Å². The van der Waals surface area contributed by atoms with E-state index < -0.39 is 5.60 Å². The maximum Gasteiger partial charge on any atom is 0.263 e. The predicted octanol–water partition coefficient (Wildman–Crippen LogP) is 4.40. The van der Waals surface area contributed by atoms with Crippen LogP contribution in [0, 0.1) is 5.92 Å². The summed E-state index contributed by atoms with van der Waals surface area (Å²) in [4.78, 5) is 14.9. The van der Waals surface area contributed by atoms with E-state index in [-0.39, 0.29) is 11.9 Å². The SMILES string of the molecule is O=C(N[C@@H]1C[N+]2(CCCc3ccccc3)CCC1CC2)C(O)(c1cccs1)c1cccs1. The second-order valence-corrected chi connectivity index (χ2v) is 11.3. The van der Waals surface area contributed by atoms with E-state index in [1.807, 2.05) is 35.0 Å². The second kappa shape index (κ2) is 9.10. The van der Waals surface area contributed by atoms with Gasteiger partial charge in [0.1, 0.15) is 0 Å². The third-order valence-corrected chi connectivity index (χ3v) is 9.40. The zero-order valence-corrected chi connectivity index (χ0v) is 19.9. The van der Waals surface area contributed by atoms with E-state index >= 15 is 0 Å². The zero-order valence-electron chi connectivity index (χ0n) is 18.3. The Balaban J connectivity index is 1.28. The van der Waals surface area contributed by atoms with Crippen molar-refractivity contribution in [3.05, 3.63) is 80.7 Å². The van der Waals surface area contributed by atoms with Crippen LogP contribution in [0.3, 0.4) is 0 Å². The summed E-state index contributed by atoms with van der Waals surface area (Å²) in [6, 6.07) is 18.4. The smallest absolute Gasteiger partial charge is 0.263 e. The minimum absolute atomic E-state index is 0.133. The van der Waals surface area contributed by atoms with Crippen molar-refractivity contribution < 1.29 is 14.4 Å². The van der Waals surface area contributed by atoms with E-state index in [0.717, 1.165) is 36.8 Å². The van der Waals surface area contributed by atoms with Crippen molar-refractivity contribution in [2.45, 2.75) is 37.3 Å². The van der Waals surface area contributed by atoms with Crippen molar-refractivity contribution >= 4 is 28.6 Å². The van der Waals surface area contributed by atoms with Gasteiger partial charge in [-0.25, -0.2) is 0 Å². The summed E-state index contributed by atoms with van der Waals surface area (Å²) in [5.41, 5.74) is -0.202. The van der Waals surface area contributed by atoms with Crippen LogP contribution in [-0.4, -0.2) is 47.7 Å². The molecule has 1 amide bonds. The summed E-state index contributed by atoms with van der Waals surface area (Å²) < 4.78 is 1.10. The van der Waals surface area contributed by atoms with Crippen LogP contribution in [0.4, 0.5) is 0 Å². The number of aliphatic hydroxyl groups is 1. The number of thiophene rings is 2. The number of nitrogens with zero attached hydrogens (tertiary/aromatic N) is 1. The molecule has 0 aliphatic carbocycles. The Morgan fingerprint density at radius 2 is 1.66 bits per heavy atom. The number of benzene rings is 1. The molecule has 3 fully saturated rings. The fourth-order valence-electron chi connectivity index (χ4n) is 5.62. The van der Waals surface area contributed by atoms with Gasteiger partial charge in [-0.3, -0.25) is 4.79 Å². The Kier molecular flexibility index (Phi) is 6.21. The maximum atomic E-state index is 13.6. The minimum Gasteiger partial charge on any atom is -0.371 e. The topological polar surface area (TPSA) is 49.3 Å². The molecule has 168 valence electrons. The van der Waals surface area contributed by atoms with Crippen LogP contribution >= 0.6 is 22.7 Å². The molecule has 4 nitrogen and oxygen atoms in total. The molecule has 1 aromatic carbocycles. The van der Waals surface area contributed by atoms with E-state index in [0.29, 0.717) is 15.7 Å². The molecule has 3 aliphatic rings. The number of hydrogen-bond donors (Lipinski definition) is 2. The van der Waals surface area contributed by atoms with E-state index in [2.05, 4.69) is 35.6 Å². The molecule has 0 radical (unpaired) electrons. The third-order valence-electron chi connectivity index (χ3n) is 7.44. The highest BCUT2D eigenvalue weighted by molar-refractivity contribution is 7.12. The van der Waals surface area contributed by atoms with Gasteiger partial charge in [-0.15, -0.1) is 22.7 Å². The van der Waals surface area contributed by atoms with Crippen LogP contribution in [0.2, 0.25) is 0 Å². The van der Waals surface area contributed by atoms with Crippen molar-refractivity contribution in [3.8, 4) is 0 Å². The number of quaternary nitrogens is 1. The molecule has 6 rings (SSSR count). The first-order valence-electron chi connectivity index (χ1n) is 11.6. The Labute approximate surface area is 198 Å². The number of carbonyl (C=O) groups is 1. The molecule has 0 spiro atoms. The summed E-state index contributed by atoms with van der Waals surface area (Å²) >= 11 is 2.87. The van der Waals surface area contributed by atoms with Crippen LogP contribution in [0.15, 0.2) is 65.4 Å². The highest BCUT2D eigenvalue weighted by Crippen LogP contribution is 2.38. The fraction of sp³-hybridized carbons (Fsp3) is 0.423. The molecule has 5 heterocycles. The molecule has 3 aromatic rings. The summed E-state index contributed by atoms with van der Waals surface area (Å²) in [6.45, 7) is 4.57. The Bertz CT molecular complexity index is 975. The molecule has 3 aliphatic heterocycles. The van der Waals surface area contributed by atoms with Crippen molar-refractivity contribution in [2.75, 3.05) is 26.2 Å². The van der Waals surface area contributed by atoms with Gasteiger partial charge in [0, 0.05) is 19.3 Å². The van der Waals surface area contributed by atoms with E-state index in [1.165, 1.54) is 47.7 Å². The number of carbonyl (C=O) groups excluding carboxylic acids is 1. The Morgan fingerprint density at radius 1 is 1.00 bits per heavy atom. The maximum absolute atomic E-state index is 13.6. The van der Waals surface area contributed by atoms with Crippen molar-refractivity contribution in [1.29, 1.82) is 0 Å². The van der Waals surface area contributed by atoms with Gasteiger partial charge in [0.05, 0.1) is 42.0 Å². The van der Waals surface area contributed by atoms with Gasteiger partial charge < -0.3 is 14.9 Å². The molecule has 6 heteroatoms. The van der Waals surface area contributed by atoms with Crippen LogP contribution in [0.25, 0.3) is 0 Å². The molecule has 2 N–H and O–H groups in total. The van der Waals surface area contributed by atoms with Gasteiger partial charge in [-0.1, -0.05) is 42.5 Å². The first-order valence-corrected chi connectivity index (χ1v) is 13.4. The normalized spacial score (nSPS) is 25.0. The number of fused-ring (bicyclic) bond motifs is 3. The van der Waals surface area contributed by atoms with Gasteiger partial charge in [-0.2, -0.15) is 0 Å².